The summed E-state index contributed by atoms with van der Waals surface area (Å²) in [5, 5.41) is 1.03. The van der Waals surface area contributed by atoms with Crippen molar-refractivity contribution in [2.24, 2.45) is 0 Å². The normalized spacial score (nSPS) is 10.6. The van der Waals surface area contributed by atoms with Crippen LogP contribution in [0, 0.1) is 10.5 Å². The fourth-order valence-electron chi connectivity index (χ4n) is 1.98. The number of hydrogen-bond acceptors (Lipinski definition) is 2. The third-order valence-electron chi connectivity index (χ3n) is 2.85. The number of aromatic nitrogens is 1. The molecule has 0 saturated heterocycles. The van der Waals surface area contributed by atoms with Crippen LogP contribution in [0.4, 0.5) is 0 Å². The van der Waals surface area contributed by atoms with E-state index < -0.39 is 0 Å². The Hall–Kier alpha value is -1.62. The van der Waals surface area contributed by atoms with Crippen molar-refractivity contribution in [1.29, 1.82) is 0 Å². The van der Waals surface area contributed by atoms with Crippen LogP contribution >= 0.6 is 22.6 Å². The van der Waals surface area contributed by atoms with E-state index in [0.29, 0.717) is 0 Å². The maximum absolute atomic E-state index is 5.98. The van der Waals surface area contributed by atoms with Gasteiger partial charge in [-0.3, -0.25) is 4.98 Å². The molecule has 1 heterocycles. The minimum absolute atomic E-state index is 0.844. The molecular weight excluding hydrogens is 349 g/mol. The van der Waals surface area contributed by atoms with E-state index in [1.165, 1.54) is 3.57 Å². The molecule has 0 bridgehead atoms. The third kappa shape index (κ3) is 2.71. The van der Waals surface area contributed by atoms with Crippen LogP contribution in [0.15, 0.2) is 54.6 Å². The first-order valence-corrected chi connectivity index (χ1v) is 7.10. The second kappa shape index (κ2) is 5.17. The molecule has 0 spiro atoms. The Bertz CT molecular complexity index is 722. The molecule has 94 valence electrons. The Labute approximate surface area is 125 Å². The molecule has 0 aliphatic rings. The number of nitrogens with zero attached hydrogens (tertiary/aromatic N) is 1. The van der Waals surface area contributed by atoms with Gasteiger partial charge in [0, 0.05) is 20.7 Å². The lowest BCUT2D eigenvalue weighted by Gasteiger charge is -2.09. The molecule has 0 saturated carbocycles. The smallest absolute Gasteiger partial charge is 0.138 e. The quantitative estimate of drug-likeness (QED) is 0.603. The van der Waals surface area contributed by atoms with Gasteiger partial charge in [-0.05, 0) is 65.9 Å². The largest absolute Gasteiger partial charge is 0.457 e. The molecule has 0 N–H and O–H groups in total. The average Bonchev–Trinajstić information content (AvgIpc) is 2.41. The molecule has 1 aromatic heterocycles. The Morgan fingerprint density at radius 2 is 1.74 bits per heavy atom. The summed E-state index contributed by atoms with van der Waals surface area (Å²) in [6.07, 6.45) is 0. The summed E-state index contributed by atoms with van der Waals surface area (Å²) in [5.41, 5.74) is 1.92. The van der Waals surface area contributed by atoms with Gasteiger partial charge in [-0.15, -0.1) is 0 Å². The van der Waals surface area contributed by atoms with E-state index in [1.54, 1.807) is 0 Å². The monoisotopic (exact) mass is 361 g/mol. The Balaban J connectivity index is 2.07. The van der Waals surface area contributed by atoms with E-state index in [4.69, 9.17) is 4.74 Å². The van der Waals surface area contributed by atoms with Gasteiger partial charge in [-0.2, -0.15) is 0 Å². The number of pyridine rings is 1. The second-order valence-corrected chi connectivity index (χ2v) is 5.58. The van der Waals surface area contributed by atoms with Crippen LogP contribution < -0.4 is 4.74 Å². The predicted octanol–water partition coefficient (Wildman–Crippen LogP) is 4.94. The van der Waals surface area contributed by atoms with E-state index >= 15 is 0 Å². The number of hydrogen-bond donors (Lipinski definition) is 0. The van der Waals surface area contributed by atoms with Gasteiger partial charge in [-0.25, -0.2) is 0 Å². The molecule has 0 aliphatic heterocycles. The first kappa shape index (κ1) is 12.4. The minimum atomic E-state index is 0.844. The van der Waals surface area contributed by atoms with Crippen molar-refractivity contribution in [1.82, 2.24) is 4.98 Å². The van der Waals surface area contributed by atoms with Crippen LogP contribution in [0.25, 0.3) is 10.9 Å². The lowest BCUT2D eigenvalue weighted by molar-refractivity contribution is 0.487. The maximum atomic E-state index is 5.98. The zero-order valence-corrected chi connectivity index (χ0v) is 12.6. The van der Waals surface area contributed by atoms with Crippen LogP contribution in [0.2, 0.25) is 0 Å². The molecular formula is C16H12INO. The van der Waals surface area contributed by atoms with Crippen molar-refractivity contribution < 1.29 is 4.74 Å². The highest BCUT2D eigenvalue weighted by Crippen LogP contribution is 2.29. The third-order valence-corrected chi connectivity index (χ3v) is 3.57. The van der Waals surface area contributed by atoms with Gasteiger partial charge in [0.05, 0.1) is 5.52 Å². The van der Waals surface area contributed by atoms with Crippen LogP contribution in [0.1, 0.15) is 5.69 Å². The van der Waals surface area contributed by atoms with Crippen LogP contribution in [0.3, 0.4) is 0 Å². The first-order chi connectivity index (χ1) is 9.22. The number of para-hydroxylation sites is 1. The molecule has 0 amide bonds. The van der Waals surface area contributed by atoms with Crippen molar-refractivity contribution >= 4 is 33.5 Å². The Morgan fingerprint density at radius 1 is 1.00 bits per heavy atom. The molecule has 2 nitrogen and oxygen atoms in total. The molecule has 2 aromatic carbocycles. The summed E-state index contributed by atoms with van der Waals surface area (Å²) >= 11 is 2.28. The fourth-order valence-corrected chi connectivity index (χ4v) is 2.34. The number of rotatable bonds is 2. The topological polar surface area (TPSA) is 22.1 Å². The van der Waals surface area contributed by atoms with Gasteiger partial charge >= 0.3 is 0 Å². The zero-order valence-electron chi connectivity index (χ0n) is 10.4. The highest BCUT2D eigenvalue weighted by molar-refractivity contribution is 14.1. The second-order valence-electron chi connectivity index (χ2n) is 4.33. The van der Waals surface area contributed by atoms with Crippen LogP contribution in [0.5, 0.6) is 11.5 Å². The first-order valence-electron chi connectivity index (χ1n) is 6.02. The van der Waals surface area contributed by atoms with Crippen LogP contribution in [-0.2, 0) is 0 Å². The molecule has 0 atom stereocenters. The van der Waals surface area contributed by atoms with Crippen molar-refractivity contribution in [3.63, 3.8) is 0 Å². The number of ether oxygens (including phenoxy) is 1. The molecule has 0 fully saturated rings. The number of halogens is 1. The van der Waals surface area contributed by atoms with E-state index in [2.05, 4.69) is 27.6 Å². The molecule has 3 heteroatoms. The van der Waals surface area contributed by atoms with E-state index in [9.17, 15) is 0 Å². The summed E-state index contributed by atoms with van der Waals surface area (Å²) in [6.45, 7) is 1.98. The highest BCUT2D eigenvalue weighted by atomic mass is 127. The van der Waals surface area contributed by atoms with Gasteiger partial charge in [0.2, 0.25) is 0 Å². The minimum Gasteiger partial charge on any atom is -0.457 e. The number of benzene rings is 2. The zero-order chi connectivity index (χ0) is 13.2. The summed E-state index contributed by atoms with van der Waals surface area (Å²) in [5.74, 6) is 1.69. The number of aryl methyl sites for hydroxylation is 1. The highest BCUT2D eigenvalue weighted by Gasteiger charge is 2.05. The van der Waals surface area contributed by atoms with E-state index in [1.807, 2.05) is 61.5 Å². The molecule has 3 aromatic rings. The standard InChI is InChI=1S/C16H12INO/c1-11-10-16(14-4-2-3-5-15(14)18-11)19-13-8-6-12(17)7-9-13/h2-10H,1H3. The van der Waals surface area contributed by atoms with Crippen molar-refractivity contribution in [2.45, 2.75) is 6.92 Å². The maximum Gasteiger partial charge on any atom is 0.138 e. The molecule has 0 radical (unpaired) electrons. The van der Waals surface area contributed by atoms with Gasteiger partial charge in [0.15, 0.2) is 0 Å². The predicted molar refractivity (Wildman–Crippen MR) is 85.7 cm³/mol. The lowest BCUT2D eigenvalue weighted by Crippen LogP contribution is -1.90. The molecule has 3 rings (SSSR count). The van der Waals surface area contributed by atoms with Crippen molar-refractivity contribution in [3.05, 3.63) is 63.9 Å². The molecule has 19 heavy (non-hydrogen) atoms. The summed E-state index contributed by atoms with van der Waals surface area (Å²) in [6, 6.07) is 18.0. The molecule has 0 unspecified atom stereocenters. The van der Waals surface area contributed by atoms with Crippen molar-refractivity contribution in [3.8, 4) is 11.5 Å². The summed E-state index contributed by atoms with van der Waals surface area (Å²) in [4.78, 5) is 4.51. The van der Waals surface area contributed by atoms with E-state index in [0.717, 1.165) is 28.1 Å². The van der Waals surface area contributed by atoms with Gasteiger partial charge in [0.1, 0.15) is 11.5 Å². The summed E-state index contributed by atoms with van der Waals surface area (Å²) in [7, 11) is 0. The SMILES string of the molecule is Cc1cc(Oc2ccc(I)cc2)c2ccccc2n1. The Morgan fingerprint density at radius 3 is 2.53 bits per heavy atom. The van der Waals surface area contributed by atoms with Gasteiger partial charge in [0.25, 0.3) is 0 Å². The average molecular weight is 361 g/mol. The fraction of sp³-hybridized carbons (Fsp3) is 0.0625. The summed E-state index contributed by atoms with van der Waals surface area (Å²) < 4.78 is 7.18. The Kier molecular flexibility index (Phi) is 3.38. The number of fused-ring (bicyclic) bond motifs is 1. The van der Waals surface area contributed by atoms with E-state index in [-0.39, 0.29) is 0 Å². The van der Waals surface area contributed by atoms with Crippen molar-refractivity contribution in [2.75, 3.05) is 0 Å². The lowest BCUT2D eigenvalue weighted by atomic mass is 10.2. The van der Waals surface area contributed by atoms with Gasteiger partial charge < -0.3 is 4.74 Å². The van der Waals surface area contributed by atoms with Gasteiger partial charge in [-0.1, -0.05) is 12.1 Å². The van der Waals surface area contributed by atoms with Crippen LogP contribution in [-0.4, -0.2) is 4.98 Å². The molecule has 0 aliphatic carbocycles.